The number of hydrogen-bond donors (Lipinski definition) is 1. The molecule has 0 atom stereocenters. The van der Waals surface area contributed by atoms with Crippen molar-refractivity contribution in [1.29, 1.82) is 0 Å². The summed E-state index contributed by atoms with van der Waals surface area (Å²) in [5.41, 5.74) is 7.55. The molecule has 0 unspecified atom stereocenters. The van der Waals surface area contributed by atoms with Crippen LogP contribution in [0.5, 0.6) is 5.75 Å². The van der Waals surface area contributed by atoms with Gasteiger partial charge in [-0.25, -0.2) is 0 Å². The summed E-state index contributed by atoms with van der Waals surface area (Å²) in [6.07, 6.45) is 0. The van der Waals surface area contributed by atoms with E-state index in [-0.39, 0.29) is 0 Å². The van der Waals surface area contributed by atoms with Crippen molar-refractivity contribution in [2.45, 2.75) is 6.61 Å². The molecule has 0 amide bonds. The van der Waals surface area contributed by atoms with E-state index in [4.69, 9.17) is 10.5 Å². The first kappa shape index (κ1) is 12.7. The molecule has 0 bridgehead atoms. The number of benzene rings is 2. The summed E-state index contributed by atoms with van der Waals surface area (Å²) >= 11 is 5.72. The molecular weight excluding hydrogens is 393 g/mol. The number of ether oxygens (including phenoxy) is 1. The molecule has 17 heavy (non-hydrogen) atoms. The van der Waals surface area contributed by atoms with E-state index in [0.717, 1.165) is 15.8 Å². The smallest absolute Gasteiger partial charge is 0.136 e. The molecule has 2 rings (SSSR count). The maximum absolute atomic E-state index is 5.71. The molecule has 2 aromatic rings. The summed E-state index contributed by atoms with van der Waals surface area (Å²) in [6.45, 7) is 0.541. The molecule has 0 spiro atoms. The second-order valence-corrected chi connectivity index (χ2v) is 5.70. The predicted molar refractivity (Wildman–Crippen MR) is 82.0 cm³/mol. The Bertz CT molecular complexity index is 513. The minimum absolute atomic E-state index is 0.541. The average molecular weight is 404 g/mol. The van der Waals surface area contributed by atoms with Gasteiger partial charge in [-0.15, -0.1) is 0 Å². The number of rotatable bonds is 3. The summed E-state index contributed by atoms with van der Waals surface area (Å²) in [5.74, 6) is 0.767. The van der Waals surface area contributed by atoms with Gasteiger partial charge in [-0.2, -0.15) is 0 Å². The van der Waals surface area contributed by atoms with Crippen molar-refractivity contribution >= 4 is 44.2 Å². The van der Waals surface area contributed by atoms with E-state index in [2.05, 4.69) is 62.8 Å². The zero-order chi connectivity index (χ0) is 12.3. The number of halogens is 2. The van der Waals surface area contributed by atoms with E-state index < -0.39 is 0 Å². The van der Waals surface area contributed by atoms with Crippen LogP contribution in [-0.2, 0) is 6.61 Å². The normalized spacial score (nSPS) is 10.2. The Morgan fingerprint density at radius 1 is 1.12 bits per heavy atom. The zero-order valence-electron chi connectivity index (χ0n) is 8.99. The largest absolute Gasteiger partial charge is 0.488 e. The molecule has 0 aliphatic heterocycles. The van der Waals surface area contributed by atoms with Gasteiger partial charge in [-0.3, -0.25) is 0 Å². The van der Waals surface area contributed by atoms with E-state index >= 15 is 0 Å². The van der Waals surface area contributed by atoms with Gasteiger partial charge < -0.3 is 10.5 Å². The second-order valence-electron chi connectivity index (χ2n) is 3.61. The highest BCUT2D eigenvalue weighted by Gasteiger charge is 2.02. The molecule has 2 nitrogen and oxygen atoms in total. The minimum Gasteiger partial charge on any atom is -0.488 e. The van der Waals surface area contributed by atoms with Crippen LogP contribution in [0.1, 0.15) is 5.56 Å². The standard InChI is InChI=1S/C13H11BrINO/c14-12-6-5-11(16)7-13(12)17-8-9-1-3-10(15)4-2-9/h1-7H,8,16H2. The van der Waals surface area contributed by atoms with Gasteiger partial charge >= 0.3 is 0 Å². The third-order valence-electron chi connectivity index (χ3n) is 2.26. The van der Waals surface area contributed by atoms with E-state index in [0.29, 0.717) is 12.3 Å². The fourth-order valence-corrected chi connectivity index (χ4v) is 2.09. The van der Waals surface area contributed by atoms with Crippen molar-refractivity contribution in [2.24, 2.45) is 0 Å². The molecule has 0 radical (unpaired) electrons. The summed E-state index contributed by atoms with van der Waals surface area (Å²) in [4.78, 5) is 0. The lowest BCUT2D eigenvalue weighted by atomic mass is 10.2. The van der Waals surface area contributed by atoms with Crippen molar-refractivity contribution in [3.05, 3.63) is 56.1 Å². The highest BCUT2D eigenvalue weighted by molar-refractivity contribution is 14.1. The SMILES string of the molecule is Nc1ccc(Br)c(OCc2ccc(I)cc2)c1. The number of nitrogen functional groups attached to an aromatic ring is 1. The molecule has 0 aliphatic rings. The molecule has 0 saturated carbocycles. The minimum atomic E-state index is 0.541. The third-order valence-corrected chi connectivity index (χ3v) is 3.64. The molecule has 0 heterocycles. The summed E-state index contributed by atoms with van der Waals surface area (Å²) < 4.78 is 7.85. The van der Waals surface area contributed by atoms with Crippen LogP contribution in [-0.4, -0.2) is 0 Å². The summed E-state index contributed by atoms with van der Waals surface area (Å²) in [6, 6.07) is 13.8. The van der Waals surface area contributed by atoms with E-state index in [1.165, 1.54) is 3.57 Å². The van der Waals surface area contributed by atoms with Crippen molar-refractivity contribution in [3.63, 3.8) is 0 Å². The lowest BCUT2D eigenvalue weighted by Crippen LogP contribution is -1.97. The van der Waals surface area contributed by atoms with Crippen LogP contribution in [0, 0.1) is 3.57 Å². The second kappa shape index (κ2) is 5.73. The van der Waals surface area contributed by atoms with Crippen molar-refractivity contribution in [1.82, 2.24) is 0 Å². The quantitative estimate of drug-likeness (QED) is 0.615. The van der Waals surface area contributed by atoms with Crippen LogP contribution in [0.4, 0.5) is 5.69 Å². The van der Waals surface area contributed by atoms with Gasteiger partial charge in [-0.1, -0.05) is 12.1 Å². The van der Waals surface area contributed by atoms with Crippen LogP contribution in [0.25, 0.3) is 0 Å². The van der Waals surface area contributed by atoms with Gasteiger partial charge in [0.05, 0.1) is 4.47 Å². The molecule has 2 aromatic carbocycles. The highest BCUT2D eigenvalue weighted by atomic mass is 127. The van der Waals surface area contributed by atoms with E-state index in [9.17, 15) is 0 Å². The maximum atomic E-state index is 5.71. The van der Waals surface area contributed by atoms with Gasteiger partial charge in [0.25, 0.3) is 0 Å². The Labute approximate surface area is 122 Å². The van der Waals surface area contributed by atoms with Gasteiger partial charge in [0.1, 0.15) is 12.4 Å². The summed E-state index contributed by atoms with van der Waals surface area (Å²) in [7, 11) is 0. The van der Waals surface area contributed by atoms with Crippen LogP contribution in [0.2, 0.25) is 0 Å². The van der Waals surface area contributed by atoms with Gasteiger partial charge in [0.2, 0.25) is 0 Å². The molecular formula is C13H11BrINO. The highest BCUT2D eigenvalue weighted by Crippen LogP contribution is 2.27. The fraction of sp³-hybridized carbons (Fsp3) is 0.0769. The van der Waals surface area contributed by atoms with Gasteiger partial charge in [-0.05, 0) is 68.3 Å². The monoisotopic (exact) mass is 403 g/mol. The Kier molecular flexibility index (Phi) is 4.28. The summed E-state index contributed by atoms with van der Waals surface area (Å²) in [5, 5.41) is 0. The van der Waals surface area contributed by atoms with E-state index in [1.54, 1.807) is 0 Å². The van der Waals surface area contributed by atoms with Crippen LogP contribution >= 0.6 is 38.5 Å². The van der Waals surface area contributed by atoms with Gasteiger partial charge in [0.15, 0.2) is 0 Å². The van der Waals surface area contributed by atoms with Crippen molar-refractivity contribution < 1.29 is 4.74 Å². The molecule has 4 heteroatoms. The van der Waals surface area contributed by atoms with Gasteiger partial charge in [0, 0.05) is 15.3 Å². The zero-order valence-corrected chi connectivity index (χ0v) is 12.7. The fourth-order valence-electron chi connectivity index (χ4n) is 1.37. The molecule has 0 aromatic heterocycles. The lowest BCUT2D eigenvalue weighted by molar-refractivity contribution is 0.304. The number of anilines is 1. The van der Waals surface area contributed by atoms with Crippen molar-refractivity contribution in [2.75, 3.05) is 5.73 Å². The van der Waals surface area contributed by atoms with Crippen LogP contribution in [0.3, 0.4) is 0 Å². The number of nitrogens with two attached hydrogens (primary N) is 1. The lowest BCUT2D eigenvalue weighted by Gasteiger charge is -2.09. The first-order chi connectivity index (χ1) is 8.15. The average Bonchev–Trinajstić information content (AvgIpc) is 2.32. The van der Waals surface area contributed by atoms with E-state index in [1.807, 2.05) is 18.2 Å². The molecule has 0 aliphatic carbocycles. The molecule has 2 N–H and O–H groups in total. The Morgan fingerprint density at radius 2 is 1.82 bits per heavy atom. The maximum Gasteiger partial charge on any atom is 0.136 e. The van der Waals surface area contributed by atoms with Crippen LogP contribution < -0.4 is 10.5 Å². The molecule has 0 saturated heterocycles. The Morgan fingerprint density at radius 3 is 2.53 bits per heavy atom. The Balaban J connectivity index is 2.07. The third kappa shape index (κ3) is 3.61. The molecule has 0 fully saturated rings. The first-order valence-corrected chi connectivity index (χ1v) is 6.94. The molecule has 88 valence electrons. The first-order valence-electron chi connectivity index (χ1n) is 5.07. The van der Waals surface area contributed by atoms with Crippen LogP contribution in [0.15, 0.2) is 46.9 Å². The number of hydrogen-bond acceptors (Lipinski definition) is 2. The predicted octanol–water partition coefficient (Wildman–Crippen LogP) is 4.21. The van der Waals surface area contributed by atoms with Crippen molar-refractivity contribution in [3.8, 4) is 5.75 Å². The topological polar surface area (TPSA) is 35.2 Å². The Hall–Kier alpha value is -0.750.